The van der Waals surface area contributed by atoms with Crippen molar-refractivity contribution in [1.82, 2.24) is 0 Å². The molecule has 0 saturated carbocycles. The Morgan fingerprint density at radius 2 is 0.775 bits per heavy atom. The highest BCUT2D eigenvalue weighted by Gasteiger charge is 2.21. The van der Waals surface area contributed by atoms with Gasteiger partial charge in [0.05, 0.1) is 35.2 Å². The van der Waals surface area contributed by atoms with Crippen LogP contribution >= 0.6 is 24.1 Å². The SMILES string of the molecule is O=C(OSc1ccccc1)c1ccc2c3cccc4c(C(=O)OSc5ccccc5)ccc(c5cccc1c52)c43. The molecule has 0 atom stereocenters. The van der Waals surface area contributed by atoms with Gasteiger partial charge in [0.15, 0.2) is 0 Å². The molecular formula is C34H20O4S2. The molecule has 192 valence electrons. The summed E-state index contributed by atoms with van der Waals surface area (Å²) < 4.78 is 11.2. The summed E-state index contributed by atoms with van der Waals surface area (Å²) in [6.45, 7) is 0. The van der Waals surface area contributed by atoms with Crippen LogP contribution in [0.25, 0.3) is 43.1 Å². The lowest BCUT2D eigenvalue weighted by atomic mass is 9.87. The molecule has 0 unspecified atom stereocenters. The second-order valence-electron chi connectivity index (χ2n) is 9.31. The highest BCUT2D eigenvalue weighted by molar-refractivity contribution is 7.95. The molecule has 0 fully saturated rings. The van der Waals surface area contributed by atoms with E-state index in [1.165, 1.54) is 0 Å². The van der Waals surface area contributed by atoms with Crippen molar-refractivity contribution in [3.63, 3.8) is 0 Å². The average molecular weight is 557 g/mol. The minimum absolute atomic E-state index is 0.393. The van der Waals surface area contributed by atoms with Gasteiger partial charge in [0, 0.05) is 9.79 Å². The molecule has 0 radical (unpaired) electrons. The predicted octanol–water partition coefficient (Wildman–Crippen LogP) is 9.47. The summed E-state index contributed by atoms with van der Waals surface area (Å²) in [6, 6.07) is 38.6. The standard InChI is InChI=1S/C34H20O4S2/c35-33(37-39-21-9-3-1-4-10-21)29-19-17-27-24-14-8-16-26-30(34(36)38-40-22-11-5-2-6-12-22)20-18-28(32(24)26)23-13-7-15-25(29)31(23)27/h1-20H. The first-order valence-electron chi connectivity index (χ1n) is 12.7. The summed E-state index contributed by atoms with van der Waals surface area (Å²) in [5.41, 5.74) is 1.02. The minimum atomic E-state index is -0.393. The molecule has 0 aliphatic rings. The zero-order valence-corrected chi connectivity index (χ0v) is 22.6. The summed E-state index contributed by atoms with van der Waals surface area (Å²) >= 11 is 2.11. The van der Waals surface area contributed by atoms with E-state index in [1.807, 2.05) is 109 Å². The van der Waals surface area contributed by atoms with Crippen LogP contribution in [-0.4, -0.2) is 11.9 Å². The first-order chi connectivity index (χ1) is 19.7. The van der Waals surface area contributed by atoms with Crippen LogP contribution in [0.1, 0.15) is 20.7 Å². The van der Waals surface area contributed by atoms with Crippen LogP contribution < -0.4 is 0 Å². The molecule has 0 aliphatic carbocycles. The Morgan fingerprint density at radius 1 is 0.400 bits per heavy atom. The lowest BCUT2D eigenvalue weighted by Crippen LogP contribution is -2.03. The first kappa shape index (κ1) is 24.5. The fourth-order valence-electron chi connectivity index (χ4n) is 5.28. The quantitative estimate of drug-likeness (QED) is 0.116. The molecule has 6 heteroatoms. The van der Waals surface area contributed by atoms with Gasteiger partial charge in [-0.1, -0.05) is 84.9 Å². The zero-order valence-electron chi connectivity index (χ0n) is 21.0. The van der Waals surface area contributed by atoms with Crippen LogP contribution in [-0.2, 0) is 8.37 Å². The third-order valence-corrected chi connectivity index (χ3v) is 8.41. The van der Waals surface area contributed by atoms with Gasteiger partial charge in [0.1, 0.15) is 0 Å². The van der Waals surface area contributed by atoms with Crippen LogP contribution in [0, 0.1) is 0 Å². The second kappa shape index (κ2) is 10.2. The van der Waals surface area contributed by atoms with Crippen molar-refractivity contribution in [2.75, 3.05) is 0 Å². The first-order valence-corrected chi connectivity index (χ1v) is 14.2. The summed E-state index contributed by atoms with van der Waals surface area (Å²) in [7, 11) is 0. The maximum atomic E-state index is 13.2. The summed E-state index contributed by atoms with van der Waals surface area (Å²) in [4.78, 5) is 28.1. The van der Waals surface area contributed by atoms with E-state index in [1.54, 1.807) is 0 Å². The largest absolute Gasteiger partial charge is 0.382 e. The highest BCUT2D eigenvalue weighted by atomic mass is 32.2. The Bertz CT molecular complexity index is 1870. The maximum Gasteiger partial charge on any atom is 0.351 e. The second-order valence-corrected chi connectivity index (χ2v) is 10.9. The summed E-state index contributed by atoms with van der Waals surface area (Å²) in [5, 5.41) is 7.71. The number of rotatable bonds is 6. The van der Waals surface area contributed by atoms with Gasteiger partial charge in [-0.3, -0.25) is 0 Å². The van der Waals surface area contributed by atoms with Gasteiger partial charge in [0.2, 0.25) is 0 Å². The third-order valence-electron chi connectivity index (χ3n) is 7.02. The number of benzene rings is 7. The number of fused-ring (bicyclic) bond motifs is 2. The van der Waals surface area contributed by atoms with E-state index in [-0.39, 0.29) is 0 Å². The fourth-order valence-corrected chi connectivity index (χ4v) is 6.34. The van der Waals surface area contributed by atoms with Gasteiger partial charge < -0.3 is 8.37 Å². The van der Waals surface area contributed by atoms with E-state index in [2.05, 4.69) is 12.1 Å². The lowest BCUT2D eigenvalue weighted by molar-refractivity contribution is 0.0760. The molecule has 0 spiro atoms. The van der Waals surface area contributed by atoms with Crippen LogP contribution in [0.15, 0.2) is 131 Å². The smallest absolute Gasteiger partial charge is 0.351 e. The molecule has 0 N–H and O–H groups in total. The Kier molecular flexibility index (Phi) is 6.27. The summed E-state index contributed by atoms with van der Waals surface area (Å²) in [5.74, 6) is -0.786. The van der Waals surface area contributed by atoms with Gasteiger partial charge >= 0.3 is 11.9 Å². The van der Waals surface area contributed by atoms with Gasteiger partial charge in [-0.25, -0.2) is 9.59 Å². The van der Waals surface area contributed by atoms with Crippen molar-refractivity contribution in [1.29, 1.82) is 0 Å². The Balaban J connectivity index is 1.33. The molecule has 0 bridgehead atoms. The van der Waals surface area contributed by atoms with Crippen molar-refractivity contribution >= 4 is 79.1 Å². The maximum absolute atomic E-state index is 13.2. The van der Waals surface area contributed by atoms with Gasteiger partial charge in [-0.15, -0.1) is 0 Å². The van der Waals surface area contributed by atoms with Crippen molar-refractivity contribution < 1.29 is 18.0 Å². The Morgan fingerprint density at radius 3 is 1.20 bits per heavy atom. The van der Waals surface area contributed by atoms with E-state index in [0.29, 0.717) is 11.1 Å². The molecule has 0 aromatic heterocycles. The summed E-state index contributed by atoms with van der Waals surface area (Å²) in [6.07, 6.45) is 0. The van der Waals surface area contributed by atoms with Crippen molar-refractivity contribution in [2.24, 2.45) is 0 Å². The minimum Gasteiger partial charge on any atom is -0.382 e. The third kappa shape index (κ3) is 4.22. The van der Waals surface area contributed by atoms with E-state index < -0.39 is 11.9 Å². The van der Waals surface area contributed by atoms with Crippen LogP contribution in [0.5, 0.6) is 0 Å². The molecule has 40 heavy (non-hydrogen) atoms. The van der Waals surface area contributed by atoms with Gasteiger partial charge in [-0.05, 0) is 79.5 Å². The highest BCUT2D eigenvalue weighted by Crippen LogP contribution is 2.42. The molecule has 7 aromatic carbocycles. The molecule has 0 aliphatic heterocycles. The van der Waals surface area contributed by atoms with Crippen LogP contribution in [0.3, 0.4) is 0 Å². The van der Waals surface area contributed by atoms with Crippen LogP contribution in [0.2, 0.25) is 0 Å². The monoisotopic (exact) mass is 556 g/mol. The van der Waals surface area contributed by atoms with Gasteiger partial charge in [-0.2, -0.15) is 0 Å². The van der Waals surface area contributed by atoms with Crippen molar-refractivity contribution in [2.45, 2.75) is 9.79 Å². The van der Waals surface area contributed by atoms with Gasteiger partial charge in [0.25, 0.3) is 0 Å². The molecule has 7 aromatic rings. The van der Waals surface area contributed by atoms with Crippen molar-refractivity contribution in [3.05, 3.63) is 132 Å². The molecule has 0 heterocycles. The lowest BCUT2D eigenvalue weighted by Gasteiger charge is -2.17. The molecule has 7 rings (SSSR count). The molecule has 4 nitrogen and oxygen atoms in total. The topological polar surface area (TPSA) is 52.6 Å². The zero-order chi connectivity index (χ0) is 27.1. The number of carbonyl (C=O) groups excluding carboxylic acids is 2. The van der Waals surface area contributed by atoms with E-state index >= 15 is 0 Å². The molecule has 0 amide bonds. The van der Waals surface area contributed by atoms with E-state index in [0.717, 1.165) is 77.0 Å². The van der Waals surface area contributed by atoms with E-state index in [9.17, 15) is 9.59 Å². The number of hydrogen-bond donors (Lipinski definition) is 0. The number of carbonyl (C=O) groups is 2. The van der Waals surface area contributed by atoms with Crippen molar-refractivity contribution in [3.8, 4) is 0 Å². The molecule has 0 saturated heterocycles. The predicted molar refractivity (Wildman–Crippen MR) is 163 cm³/mol. The van der Waals surface area contributed by atoms with E-state index in [4.69, 9.17) is 8.37 Å². The fraction of sp³-hybridized carbons (Fsp3) is 0. The van der Waals surface area contributed by atoms with Crippen LogP contribution in [0.4, 0.5) is 0 Å². The molecular weight excluding hydrogens is 537 g/mol. The normalized spacial score (nSPS) is 11.4. The number of hydrogen-bond acceptors (Lipinski definition) is 6. The Labute approximate surface area is 238 Å². The average Bonchev–Trinajstić information content (AvgIpc) is 3.01. The Hall–Kier alpha value is -4.52.